The highest BCUT2D eigenvalue weighted by Crippen LogP contribution is 2.50. The minimum atomic E-state index is 1.09. The van der Waals surface area contributed by atoms with Gasteiger partial charge >= 0.3 is 0 Å². The summed E-state index contributed by atoms with van der Waals surface area (Å²) in [7, 11) is 0. The Balaban J connectivity index is 1.33. The van der Waals surface area contributed by atoms with Crippen LogP contribution in [0, 0.1) is 6.92 Å². The molecule has 0 aliphatic carbocycles. The van der Waals surface area contributed by atoms with Crippen LogP contribution in [0.1, 0.15) is 11.3 Å². The molecule has 2 aromatic heterocycles. The Hall–Kier alpha value is -6.68. The van der Waals surface area contributed by atoms with Gasteiger partial charge in [-0.25, -0.2) is 0 Å². The molecule has 0 amide bonds. The second kappa shape index (κ2) is 13.1. The second-order valence-electron chi connectivity index (χ2n) is 13.8. The zero-order valence-corrected chi connectivity index (χ0v) is 30.7. The first-order valence-electron chi connectivity index (χ1n) is 18.4. The zero-order chi connectivity index (χ0) is 36.2. The number of hydrogen-bond acceptors (Lipinski definition) is 2. The van der Waals surface area contributed by atoms with E-state index in [1.54, 1.807) is 0 Å². The number of rotatable bonds is 7. The van der Waals surface area contributed by atoms with Crippen LogP contribution < -0.4 is 4.90 Å². The van der Waals surface area contributed by atoms with Gasteiger partial charge in [-0.2, -0.15) is 0 Å². The molecule has 0 aliphatic heterocycles. The van der Waals surface area contributed by atoms with Crippen LogP contribution >= 0.6 is 11.3 Å². The van der Waals surface area contributed by atoms with E-state index >= 15 is 0 Å². The van der Waals surface area contributed by atoms with E-state index in [-0.39, 0.29) is 0 Å². The highest BCUT2D eigenvalue weighted by molar-refractivity contribution is 7.26. The topological polar surface area (TPSA) is 8.17 Å². The Morgan fingerprint density at radius 1 is 0.519 bits per heavy atom. The lowest BCUT2D eigenvalue weighted by atomic mass is 9.95. The highest BCUT2D eigenvalue weighted by Gasteiger charge is 2.26. The van der Waals surface area contributed by atoms with E-state index in [0.29, 0.717) is 0 Å². The smallest absolute Gasteiger partial charge is 0.0702 e. The summed E-state index contributed by atoms with van der Waals surface area (Å²) in [6.45, 7) is 6.45. The molecule has 54 heavy (non-hydrogen) atoms. The zero-order valence-electron chi connectivity index (χ0n) is 29.9. The standard InChI is InChI=1S/C51H36N2S/c1-3-40-34(2)52(44-22-11-9-20-42(40)44)45-23-12-13-24-46(45)53(47-25-15-27-50-51(47)43-21-10-14-26-49(43)54-50)48-33-39(30-31-41(48)36-17-5-4-6-18-36)38-29-28-35-16-7-8-19-37(35)32-38/h3-33H,1H2,2H3. The quantitative estimate of drug-likeness (QED) is 0.160. The SMILES string of the molecule is C=Cc1c(C)n(-c2ccccc2N(c2cc(-c3ccc4ccccc4c3)ccc2-c2ccccc2)c2cccc3sc4ccccc4c23)c2ccccc12. The van der Waals surface area contributed by atoms with Crippen LogP contribution in [0.5, 0.6) is 0 Å². The van der Waals surface area contributed by atoms with Crippen LogP contribution in [0.4, 0.5) is 17.1 Å². The Morgan fingerprint density at radius 3 is 2.06 bits per heavy atom. The van der Waals surface area contributed by atoms with E-state index in [2.05, 4.69) is 205 Å². The van der Waals surface area contributed by atoms with Crippen LogP contribution in [0.15, 0.2) is 189 Å². The first-order valence-corrected chi connectivity index (χ1v) is 19.2. The van der Waals surface area contributed by atoms with Crippen molar-refractivity contribution in [2.75, 3.05) is 4.90 Å². The van der Waals surface area contributed by atoms with Crippen molar-refractivity contribution in [1.29, 1.82) is 0 Å². The normalized spacial score (nSPS) is 11.5. The van der Waals surface area contributed by atoms with E-state index < -0.39 is 0 Å². The summed E-state index contributed by atoms with van der Waals surface area (Å²) in [5.74, 6) is 0. The van der Waals surface area contributed by atoms with E-state index in [1.807, 2.05) is 17.4 Å². The fourth-order valence-corrected chi connectivity index (χ4v) is 9.39. The number of aromatic nitrogens is 1. The third-order valence-electron chi connectivity index (χ3n) is 10.8. The minimum absolute atomic E-state index is 1.09. The van der Waals surface area contributed by atoms with Crippen LogP contribution in [-0.2, 0) is 0 Å². The number of hydrogen-bond donors (Lipinski definition) is 0. The third-order valence-corrected chi connectivity index (χ3v) is 11.9. The molecule has 10 aromatic rings. The molecule has 0 aliphatic rings. The van der Waals surface area contributed by atoms with Gasteiger partial charge in [0, 0.05) is 42.4 Å². The van der Waals surface area contributed by atoms with Gasteiger partial charge in [-0.3, -0.25) is 0 Å². The lowest BCUT2D eigenvalue weighted by Crippen LogP contribution is -2.15. The summed E-state index contributed by atoms with van der Waals surface area (Å²) in [6, 6.07) is 66.3. The van der Waals surface area contributed by atoms with Crippen LogP contribution in [-0.4, -0.2) is 4.57 Å². The van der Waals surface area contributed by atoms with Crippen molar-refractivity contribution in [2.24, 2.45) is 0 Å². The van der Waals surface area contributed by atoms with Crippen molar-refractivity contribution in [3.05, 3.63) is 200 Å². The lowest BCUT2D eigenvalue weighted by Gasteiger charge is -2.31. The molecule has 0 unspecified atom stereocenters. The van der Waals surface area contributed by atoms with Crippen LogP contribution in [0.3, 0.4) is 0 Å². The largest absolute Gasteiger partial charge is 0.311 e. The predicted octanol–water partition coefficient (Wildman–Crippen LogP) is 14.9. The number of nitrogens with zero attached hydrogens (tertiary/aromatic N) is 2. The van der Waals surface area contributed by atoms with Crippen LogP contribution in [0.2, 0.25) is 0 Å². The fourth-order valence-electron chi connectivity index (χ4n) is 8.26. The molecule has 0 N–H and O–H groups in total. The molecule has 256 valence electrons. The van der Waals surface area contributed by atoms with Gasteiger partial charge in [0.25, 0.3) is 0 Å². The average Bonchev–Trinajstić information content (AvgIpc) is 3.75. The number of thiophene rings is 1. The first kappa shape index (κ1) is 32.0. The van der Waals surface area contributed by atoms with Gasteiger partial charge in [-0.05, 0) is 82.9 Å². The molecule has 3 heteroatoms. The summed E-state index contributed by atoms with van der Waals surface area (Å²) in [5.41, 5.74) is 12.6. The molecule has 0 saturated carbocycles. The van der Waals surface area contributed by atoms with Gasteiger partial charge in [0.2, 0.25) is 0 Å². The Morgan fingerprint density at radius 2 is 1.19 bits per heavy atom. The lowest BCUT2D eigenvalue weighted by molar-refractivity contribution is 1.04. The van der Waals surface area contributed by atoms with E-state index in [1.165, 1.54) is 47.5 Å². The third kappa shape index (κ3) is 5.16. The van der Waals surface area contributed by atoms with Gasteiger partial charge in [0.1, 0.15) is 0 Å². The van der Waals surface area contributed by atoms with E-state index in [4.69, 9.17) is 0 Å². The Kier molecular flexibility index (Phi) is 7.75. The summed E-state index contributed by atoms with van der Waals surface area (Å²) < 4.78 is 4.96. The number of fused-ring (bicyclic) bond motifs is 5. The summed E-state index contributed by atoms with van der Waals surface area (Å²) in [5, 5.41) is 6.18. The molecular weight excluding hydrogens is 673 g/mol. The van der Waals surface area contributed by atoms with Crippen molar-refractivity contribution < 1.29 is 0 Å². The van der Waals surface area contributed by atoms with Crippen molar-refractivity contribution >= 4 is 76.3 Å². The molecule has 0 atom stereocenters. The molecule has 0 bridgehead atoms. The maximum atomic E-state index is 4.24. The van der Waals surface area contributed by atoms with Gasteiger partial charge in [0.05, 0.1) is 28.3 Å². The maximum Gasteiger partial charge on any atom is 0.0702 e. The van der Waals surface area contributed by atoms with Crippen molar-refractivity contribution in [2.45, 2.75) is 6.92 Å². The van der Waals surface area contributed by atoms with E-state index in [9.17, 15) is 0 Å². The predicted molar refractivity (Wildman–Crippen MR) is 234 cm³/mol. The number of para-hydroxylation sites is 3. The molecule has 2 heterocycles. The minimum Gasteiger partial charge on any atom is -0.311 e. The second-order valence-corrected chi connectivity index (χ2v) is 14.9. The molecule has 10 rings (SSSR count). The van der Waals surface area contributed by atoms with Crippen LogP contribution in [0.25, 0.3) is 75.9 Å². The van der Waals surface area contributed by atoms with E-state index in [0.717, 1.165) is 50.7 Å². The van der Waals surface area contributed by atoms with Gasteiger partial charge in [-0.15, -0.1) is 11.3 Å². The molecule has 0 radical (unpaired) electrons. The van der Waals surface area contributed by atoms with Gasteiger partial charge in [-0.1, -0.05) is 146 Å². The summed E-state index contributed by atoms with van der Waals surface area (Å²) in [6.07, 6.45) is 1.99. The number of benzene rings is 8. The molecule has 2 nitrogen and oxygen atoms in total. The molecular formula is C51H36N2S. The molecule has 8 aromatic carbocycles. The Bertz CT molecular complexity index is 3040. The number of anilines is 3. The highest BCUT2D eigenvalue weighted by atomic mass is 32.1. The van der Waals surface area contributed by atoms with Gasteiger partial charge in [0.15, 0.2) is 0 Å². The monoisotopic (exact) mass is 708 g/mol. The molecule has 0 fully saturated rings. The first-order chi connectivity index (χ1) is 26.7. The molecule has 0 saturated heterocycles. The fraction of sp³-hybridized carbons (Fsp3) is 0.0196. The van der Waals surface area contributed by atoms with Crippen molar-refractivity contribution in [3.63, 3.8) is 0 Å². The van der Waals surface area contributed by atoms with Crippen molar-refractivity contribution in [1.82, 2.24) is 4.57 Å². The summed E-state index contributed by atoms with van der Waals surface area (Å²) >= 11 is 1.85. The maximum absolute atomic E-state index is 4.24. The summed E-state index contributed by atoms with van der Waals surface area (Å²) in [4.78, 5) is 2.52. The van der Waals surface area contributed by atoms with Gasteiger partial charge < -0.3 is 9.47 Å². The van der Waals surface area contributed by atoms with Crippen molar-refractivity contribution in [3.8, 4) is 27.9 Å². The average molecular weight is 709 g/mol. The molecule has 0 spiro atoms. The Labute approximate surface area is 319 Å².